The van der Waals surface area contributed by atoms with E-state index < -0.39 is 0 Å². The van der Waals surface area contributed by atoms with Crippen LogP contribution < -0.4 is 15.0 Å². The molecule has 32 heavy (non-hydrogen) atoms. The molecule has 0 saturated carbocycles. The van der Waals surface area contributed by atoms with Crippen LogP contribution >= 0.6 is 0 Å². The number of hydrogen-bond acceptors (Lipinski definition) is 4. The van der Waals surface area contributed by atoms with E-state index in [1.807, 2.05) is 88.4 Å². The molecule has 0 aromatic heterocycles. The molecule has 4 rings (SSSR count). The molecule has 5 heteroatoms. The molecule has 0 saturated heterocycles. The summed E-state index contributed by atoms with van der Waals surface area (Å²) >= 11 is 0. The summed E-state index contributed by atoms with van der Waals surface area (Å²) in [5.74, 6) is 0.00924. The smallest absolute Gasteiger partial charge is 0.282 e. The third-order valence-corrected chi connectivity index (χ3v) is 5.84. The van der Waals surface area contributed by atoms with Crippen molar-refractivity contribution in [2.24, 2.45) is 0 Å². The number of carbonyl (C=O) groups is 2. The van der Waals surface area contributed by atoms with Crippen LogP contribution in [0.4, 0.5) is 11.4 Å². The normalized spacial score (nSPS) is 13.7. The zero-order chi connectivity index (χ0) is 23.0. The molecular formula is C27H26N2O3. The number of hydrogen-bond donors (Lipinski definition) is 1. The summed E-state index contributed by atoms with van der Waals surface area (Å²) in [6, 6.07) is 18.8. The molecule has 0 unspecified atom stereocenters. The van der Waals surface area contributed by atoms with E-state index in [1.165, 1.54) is 4.90 Å². The SMILES string of the molecule is COc1ccc(NC2=C(c3ccc(C)cc3C)C(=O)N(c3ccc(C)c(C)c3)C2=O)cc1. The standard InChI is InChI=1S/C27H26N2O3/c1-16-6-13-23(19(4)14-16)24-25(28-20-8-11-22(32-5)12-9-20)27(31)29(26(24)30)21-10-7-17(2)18(3)15-21/h6-15,28H,1-5H3. The maximum absolute atomic E-state index is 13.6. The fraction of sp³-hybridized carbons (Fsp3) is 0.185. The quantitative estimate of drug-likeness (QED) is 0.561. The van der Waals surface area contributed by atoms with Crippen LogP contribution in [0.5, 0.6) is 5.75 Å². The fourth-order valence-electron chi connectivity index (χ4n) is 3.91. The Labute approximate surface area is 188 Å². The van der Waals surface area contributed by atoms with Gasteiger partial charge in [0.1, 0.15) is 11.4 Å². The predicted octanol–water partition coefficient (Wildman–Crippen LogP) is 5.33. The molecule has 1 aliphatic rings. The highest BCUT2D eigenvalue weighted by Gasteiger charge is 2.40. The average molecular weight is 427 g/mol. The van der Waals surface area contributed by atoms with Gasteiger partial charge in [0.2, 0.25) is 0 Å². The van der Waals surface area contributed by atoms with Gasteiger partial charge in [-0.05, 0) is 86.3 Å². The molecule has 0 radical (unpaired) electrons. The van der Waals surface area contributed by atoms with E-state index in [0.29, 0.717) is 22.7 Å². The first-order valence-corrected chi connectivity index (χ1v) is 10.5. The molecule has 1 N–H and O–H groups in total. The summed E-state index contributed by atoms with van der Waals surface area (Å²) in [6.07, 6.45) is 0. The Kier molecular flexibility index (Phi) is 5.57. The molecule has 2 amide bonds. The van der Waals surface area contributed by atoms with E-state index >= 15 is 0 Å². The first-order chi connectivity index (χ1) is 15.3. The molecule has 3 aromatic rings. The largest absolute Gasteiger partial charge is 0.497 e. The number of anilines is 2. The van der Waals surface area contributed by atoms with Crippen LogP contribution in [0.3, 0.4) is 0 Å². The van der Waals surface area contributed by atoms with Crippen molar-refractivity contribution in [2.75, 3.05) is 17.3 Å². The summed E-state index contributed by atoms with van der Waals surface area (Å²) in [5.41, 5.74) is 6.82. The molecule has 0 spiro atoms. The molecule has 0 bridgehead atoms. The average Bonchev–Trinajstić information content (AvgIpc) is 3.00. The fourth-order valence-corrected chi connectivity index (χ4v) is 3.91. The highest BCUT2D eigenvalue weighted by Crippen LogP contribution is 2.36. The van der Waals surface area contributed by atoms with Gasteiger partial charge in [-0.1, -0.05) is 29.8 Å². The van der Waals surface area contributed by atoms with Gasteiger partial charge in [0.25, 0.3) is 11.8 Å². The van der Waals surface area contributed by atoms with Gasteiger partial charge in [-0.25, -0.2) is 4.90 Å². The van der Waals surface area contributed by atoms with E-state index in [2.05, 4.69) is 5.32 Å². The lowest BCUT2D eigenvalue weighted by Crippen LogP contribution is -2.32. The third kappa shape index (κ3) is 3.78. The second-order valence-corrected chi connectivity index (χ2v) is 8.14. The first kappa shape index (κ1) is 21.4. The zero-order valence-corrected chi connectivity index (χ0v) is 18.9. The Hall–Kier alpha value is -3.86. The first-order valence-electron chi connectivity index (χ1n) is 10.5. The summed E-state index contributed by atoms with van der Waals surface area (Å²) < 4.78 is 5.22. The van der Waals surface area contributed by atoms with Crippen molar-refractivity contribution in [3.05, 3.63) is 94.2 Å². The molecule has 1 aliphatic heterocycles. The Morgan fingerprint density at radius 2 is 1.47 bits per heavy atom. The lowest BCUT2D eigenvalue weighted by molar-refractivity contribution is -0.120. The molecule has 3 aromatic carbocycles. The highest BCUT2D eigenvalue weighted by molar-refractivity contribution is 6.46. The van der Waals surface area contributed by atoms with Crippen LogP contribution in [0.1, 0.15) is 27.8 Å². The predicted molar refractivity (Wildman–Crippen MR) is 128 cm³/mol. The lowest BCUT2D eigenvalue weighted by Gasteiger charge is -2.17. The van der Waals surface area contributed by atoms with Crippen LogP contribution in [0.2, 0.25) is 0 Å². The molecular weight excluding hydrogens is 400 g/mol. The summed E-state index contributed by atoms with van der Waals surface area (Å²) in [7, 11) is 1.60. The second-order valence-electron chi connectivity index (χ2n) is 8.14. The monoisotopic (exact) mass is 426 g/mol. The van der Waals surface area contributed by atoms with Gasteiger partial charge in [0.15, 0.2) is 0 Å². The minimum atomic E-state index is -0.371. The third-order valence-electron chi connectivity index (χ3n) is 5.84. The number of aryl methyl sites for hydroxylation is 4. The van der Waals surface area contributed by atoms with Gasteiger partial charge in [-0.2, -0.15) is 0 Å². The van der Waals surface area contributed by atoms with Crippen LogP contribution in [0, 0.1) is 27.7 Å². The minimum Gasteiger partial charge on any atom is -0.497 e. The number of rotatable bonds is 5. The maximum Gasteiger partial charge on any atom is 0.282 e. The van der Waals surface area contributed by atoms with Crippen LogP contribution in [-0.4, -0.2) is 18.9 Å². The van der Waals surface area contributed by atoms with Gasteiger partial charge in [-0.15, -0.1) is 0 Å². The van der Waals surface area contributed by atoms with E-state index in [0.717, 1.165) is 27.8 Å². The Bertz CT molecular complexity index is 1260. The molecule has 0 aliphatic carbocycles. The van der Waals surface area contributed by atoms with Crippen molar-refractivity contribution in [2.45, 2.75) is 27.7 Å². The van der Waals surface area contributed by atoms with Gasteiger partial charge >= 0.3 is 0 Å². The van der Waals surface area contributed by atoms with Crippen molar-refractivity contribution in [3.63, 3.8) is 0 Å². The highest BCUT2D eigenvalue weighted by atomic mass is 16.5. The Morgan fingerprint density at radius 3 is 2.09 bits per heavy atom. The maximum atomic E-state index is 13.6. The van der Waals surface area contributed by atoms with Gasteiger partial charge in [0.05, 0.1) is 18.4 Å². The number of carbonyl (C=O) groups excluding carboxylic acids is 2. The van der Waals surface area contributed by atoms with Gasteiger partial charge in [-0.3, -0.25) is 9.59 Å². The number of nitrogens with zero attached hydrogens (tertiary/aromatic N) is 1. The van der Waals surface area contributed by atoms with E-state index in [9.17, 15) is 9.59 Å². The summed E-state index contributed by atoms with van der Waals surface area (Å²) in [6.45, 7) is 7.93. The van der Waals surface area contributed by atoms with Crippen molar-refractivity contribution < 1.29 is 14.3 Å². The zero-order valence-electron chi connectivity index (χ0n) is 18.9. The van der Waals surface area contributed by atoms with Crippen molar-refractivity contribution in [3.8, 4) is 5.75 Å². The van der Waals surface area contributed by atoms with Crippen LogP contribution in [-0.2, 0) is 9.59 Å². The van der Waals surface area contributed by atoms with E-state index in [4.69, 9.17) is 4.74 Å². The minimum absolute atomic E-state index is 0.269. The molecule has 162 valence electrons. The van der Waals surface area contributed by atoms with Crippen molar-refractivity contribution >= 4 is 28.8 Å². The Morgan fingerprint density at radius 1 is 0.750 bits per heavy atom. The number of nitrogens with one attached hydrogen (secondary N) is 1. The number of methoxy groups -OCH3 is 1. The van der Waals surface area contributed by atoms with Crippen molar-refractivity contribution in [1.82, 2.24) is 0 Å². The molecule has 5 nitrogen and oxygen atoms in total. The lowest BCUT2D eigenvalue weighted by atomic mass is 9.97. The van der Waals surface area contributed by atoms with Gasteiger partial charge in [0, 0.05) is 5.69 Å². The van der Waals surface area contributed by atoms with Gasteiger partial charge < -0.3 is 10.1 Å². The second kappa shape index (κ2) is 8.35. The molecule has 0 atom stereocenters. The molecule has 1 heterocycles. The van der Waals surface area contributed by atoms with E-state index in [1.54, 1.807) is 7.11 Å². The number of ether oxygens (including phenoxy) is 1. The van der Waals surface area contributed by atoms with E-state index in [-0.39, 0.29) is 17.5 Å². The van der Waals surface area contributed by atoms with Crippen molar-refractivity contribution in [1.29, 1.82) is 0 Å². The Balaban J connectivity index is 1.83. The topological polar surface area (TPSA) is 58.6 Å². The number of imide groups is 1. The summed E-state index contributed by atoms with van der Waals surface area (Å²) in [5, 5.41) is 3.20. The summed E-state index contributed by atoms with van der Waals surface area (Å²) in [4.78, 5) is 28.5. The number of benzene rings is 3. The van der Waals surface area contributed by atoms with Crippen LogP contribution in [0.25, 0.3) is 5.57 Å². The van der Waals surface area contributed by atoms with Crippen LogP contribution in [0.15, 0.2) is 66.4 Å². The number of amides is 2. The molecule has 0 fully saturated rings.